The number of carboxylic acid groups (broad SMARTS) is 1. The Kier molecular flexibility index (Phi) is 5.82. The molecule has 106 valence electrons. The lowest BCUT2D eigenvalue weighted by atomic mass is 9.90. The number of nitrogens with one attached hydrogen (secondary N) is 1. The molecule has 1 aromatic rings. The quantitative estimate of drug-likeness (QED) is 0.755. The number of carbonyl (C=O) groups is 1. The molecule has 19 heavy (non-hydrogen) atoms. The zero-order chi connectivity index (χ0) is 14.5. The van der Waals surface area contributed by atoms with Crippen molar-refractivity contribution in [3.8, 4) is 5.75 Å². The molecule has 0 radical (unpaired) electrons. The molecule has 0 atom stereocenters. The van der Waals surface area contributed by atoms with Crippen LogP contribution < -0.4 is 10.1 Å². The smallest absolute Gasteiger partial charge is 0.309 e. The van der Waals surface area contributed by atoms with Crippen molar-refractivity contribution in [3.05, 3.63) is 28.2 Å². The summed E-state index contributed by atoms with van der Waals surface area (Å²) in [5, 5.41) is 12.3. The summed E-state index contributed by atoms with van der Waals surface area (Å²) in [5.41, 5.74) is 0.439. The molecule has 0 aliphatic carbocycles. The van der Waals surface area contributed by atoms with Gasteiger partial charge in [0, 0.05) is 6.54 Å². The molecule has 2 N–H and O–H groups in total. The number of rotatable bonds is 7. The van der Waals surface area contributed by atoms with Crippen molar-refractivity contribution in [2.45, 2.75) is 26.8 Å². The van der Waals surface area contributed by atoms with Crippen molar-refractivity contribution >= 4 is 21.9 Å². The molecular formula is C14H20BrNO3. The molecule has 0 saturated heterocycles. The number of hydrogen-bond acceptors (Lipinski definition) is 3. The van der Waals surface area contributed by atoms with Crippen LogP contribution >= 0.6 is 15.9 Å². The van der Waals surface area contributed by atoms with Gasteiger partial charge in [-0.2, -0.15) is 0 Å². The average molecular weight is 330 g/mol. The molecule has 0 aliphatic heterocycles. The first-order chi connectivity index (χ1) is 8.86. The fourth-order valence-corrected chi connectivity index (χ4v) is 2.15. The SMILES string of the molecule is COc1ccc(CNCCC(C)(C)C(=O)O)cc1Br. The second kappa shape index (κ2) is 6.91. The lowest BCUT2D eigenvalue weighted by Gasteiger charge is -2.19. The monoisotopic (exact) mass is 329 g/mol. The normalized spacial score (nSPS) is 11.4. The Bertz CT molecular complexity index is 446. The van der Waals surface area contributed by atoms with Gasteiger partial charge in [-0.15, -0.1) is 0 Å². The largest absolute Gasteiger partial charge is 0.496 e. The third kappa shape index (κ3) is 4.84. The highest BCUT2D eigenvalue weighted by molar-refractivity contribution is 9.10. The van der Waals surface area contributed by atoms with Crippen LogP contribution in [0.5, 0.6) is 5.75 Å². The van der Waals surface area contributed by atoms with Crippen LogP contribution in [0, 0.1) is 5.41 Å². The number of halogens is 1. The van der Waals surface area contributed by atoms with Crippen LogP contribution in [0.1, 0.15) is 25.8 Å². The van der Waals surface area contributed by atoms with Gasteiger partial charge in [0.2, 0.25) is 0 Å². The number of carboxylic acids is 1. The minimum absolute atomic E-state index is 0.597. The highest BCUT2D eigenvalue weighted by atomic mass is 79.9. The Hall–Kier alpha value is -1.07. The maximum atomic E-state index is 11.0. The molecule has 4 nitrogen and oxygen atoms in total. The zero-order valence-electron chi connectivity index (χ0n) is 11.5. The van der Waals surface area contributed by atoms with Gasteiger partial charge in [0.1, 0.15) is 5.75 Å². The van der Waals surface area contributed by atoms with E-state index in [-0.39, 0.29) is 0 Å². The molecule has 0 heterocycles. The van der Waals surface area contributed by atoms with Crippen LogP contribution in [0.3, 0.4) is 0 Å². The lowest BCUT2D eigenvalue weighted by Crippen LogP contribution is -2.28. The summed E-state index contributed by atoms with van der Waals surface area (Å²) in [6.07, 6.45) is 0.597. The Balaban J connectivity index is 2.42. The van der Waals surface area contributed by atoms with Crippen LogP contribution in [0.25, 0.3) is 0 Å². The van der Waals surface area contributed by atoms with Gasteiger partial charge in [-0.25, -0.2) is 0 Å². The number of methoxy groups -OCH3 is 1. The van der Waals surface area contributed by atoms with Crippen molar-refractivity contribution in [1.82, 2.24) is 5.32 Å². The molecule has 1 rings (SSSR count). The van der Waals surface area contributed by atoms with Crippen molar-refractivity contribution in [2.24, 2.45) is 5.41 Å². The van der Waals surface area contributed by atoms with E-state index in [9.17, 15) is 4.79 Å². The Morgan fingerprint density at radius 3 is 2.68 bits per heavy atom. The van der Waals surface area contributed by atoms with E-state index < -0.39 is 11.4 Å². The third-order valence-corrected chi connectivity index (χ3v) is 3.67. The molecule has 0 aromatic heterocycles. The first kappa shape index (κ1) is 16.0. The fourth-order valence-electron chi connectivity index (χ4n) is 1.56. The Morgan fingerprint density at radius 2 is 2.16 bits per heavy atom. The van der Waals surface area contributed by atoms with E-state index in [2.05, 4.69) is 21.2 Å². The maximum Gasteiger partial charge on any atom is 0.309 e. The summed E-state index contributed by atoms with van der Waals surface area (Å²) in [5.74, 6) is 0.0391. The number of aliphatic carboxylic acids is 1. The summed E-state index contributed by atoms with van der Waals surface area (Å²) in [4.78, 5) is 11.0. The molecule has 0 unspecified atom stereocenters. The molecule has 0 aliphatic rings. The number of benzene rings is 1. The van der Waals surface area contributed by atoms with Crippen LogP contribution in [0.15, 0.2) is 22.7 Å². The third-order valence-electron chi connectivity index (χ3n) is 3.05. The summed E-state index contributed by atoms with van der Waals surface area (Å²) < 4.78 is 6.08. The van der Waals surface area contributed by atoms with Crippen LogP contribution in [0.2, 0.25) is 0 Å². The molecule has 0 fully saturated rings. The average Bonchev–Trinajstić information content (AvgIpc) is 2.34. The molecular weight excluding hydrogens is 310 g/mol. The zero-order valence-corrected chi connectivity index (χ0v) is 13.1. The molecule has 0 saturated carbocycles. The van der Waals surface area contributed by atoms with Gasteiger partial charge >= 0.3 is 5.97 Å². The van der Waals surface area contributed by atoms with Crippen LogP contribution in [-0.2, 0) is 11.3 Å². The highest BCUT2D eigenvalue weighted by Crippen LogP contribution is 2.25. The van der Waals surface area contributed by atoms with E-state index in [0.717, 1.165) is 15.8 Å². The van der Waals surface area contributed by atoms with Crippen LogP contribution in [0.4, 0.5) is 0 Å². The van der Waals surface area contributed by atoms with Gasteiger partial charge < -0.3 is 15.2 Å². The maximum absolute atomic E-state index is 11.0. The van der Waals surface area contributed by atoms with Crippen LogP contribution in [-0.4, -0.2) is 24.7 Å². The molecule has 0 spiro atoms. The van der Waals surface area contributed by atoms with E-state index >= 15 is 0 Å². The molecule has 5 heteroatoms. The Labute approximate surface area is 122 Å². The van der Waals surface area contributed by atoms with Gasteiger partial charge in [0.05, 0.1) is 17.0 Å². The van der Waals surface area contributed by atoms with E-state index in [0.29, 0.717) is 19.5 Å². The minimum atomic E-state index is -0.763. The summed E-state index contributed by atoms with van der Waals surface area (Å²) in [7, 11) is 1.63. The van der Waals surface area contributed by atoms with E-state index in [1.807, 2.05) is 18.2 Å². The molecule has 0 amide bonds. The van der Waals surface area contributed by atoms with Gasteiger partial charge in [-0.1, -0.05) is 6.07 Å². The van der Waals surface area contributed by atoms with E-state index in [4.69, 9.17) is 9.84 Å². The van der Waals surface area contributed by atoms with Crippen molar-refractivity contribution in [3.63, 3.8) is 0 Å². The standard InChI is InChI=1S/C14H20BrNO3/c1-14(2,13(17)18)6-7-16-9-10-4-5-12(19-3)11(15)8-10/h4-5,8,16H,6-7,9H2,1-3H3,(H,17,18). The second-order valence-corrected chi connectivity index (χ2v) is 5.94. The lowest BCUT2D eigenvalue weighted by molar-refractivity contribution is -0.147. The Morgan fingerprint density at radius 1 is 1.47 bits per heavy atom. The molecule has 0 bridgehead atoms. The first-order valence-corrected chi connectivity index (χ1v) is 6.92. The summed E-state index contributed by atoms with van der Waals surface area (Å²) in [6.45, 7) is 4.85. The van der Waals surface area contributed by atoms with Crippen molar-refractivity contribution in [1.29, 1.82) is 0 Å². The van der Waals surface area contributed by atoms with Gasteiger partial charge in [-0.3, -0.25) is 4.79 Å². The van der Waals surface area contributed by atoms with Gasteiger partial charge in [0.25, 0.3) is 0 Å². The minimum Gasteiger partial charge on any atom is -0.496 e. The number of ether oxygens (including phenoxy) is 1. The van der Waals surface area contributed by atoms with E-state index in [1.165, 1.54) is 0 Å². The fraction of sp³-hybridized carbons (Fsp3) is 0.500. The summed E-state index contributed by atoms with van der Waals surface area (Å²) in [6, 6.07) is 5.88. The molecule has 1 aromatic carbocycles. The number of hydrogen-bond donors (Lipinski definition) is 2. The predicted octanol–water partition coefficient (Wildman–Crippen LogP) is 3.05. The van der Waals surface area contributed by atoms with Gasteiger partial charge in [0.15, 0.2) is 0 Å². The summed E-state index contributed by atoms with van der Waals surface area (Å²) >= 11 is 3.44. The van der Waals surface area contributed by atoms with E-state index in [1.54, 1.807) is 21.0 Å². The van der Waals surface area contributed by atoms with Crippen molar-refractivity contribution in [2.75, 3.05) is 13.7 Å². The first-order valence-electron chi connectivity index (χ1n) is 6.13. The van der Waals surface area contributed by atoms with Crippen molar-refractivity contribution < 1.29 is 14.6 Å². The predicted molar refractivity (Wildman–Crippen MR) is 78.4 cm³/mol. The highest BCUT2D eigenvalue weighted by Gasteiger charge is 2.25. The topological polar surface area (TPSA) is 58.6 Å². The second-order valence-electron chi connectivity index (χ2n) is 5.08. The van der Waals surface area contributed by atoms with Gasteiger partial charge in [-0.05, 0) is 60.4 Å².